The topological polar surface area (TPSA) is 93.4 Å². The van der Waals surface area contributed by atoms with Gasteiger partial charge in [0.15, 0.2) is 21.3 Å². The number of aromatic nitrogens is 2. The molecule has 4 rings (SSSR count). The number of likely N-dealkylation sites (tertiary alicyclic amines) is 1. The van der Waals surface area contributed by atoms with Gasteiger partial charge in [0.25, 0.3) is 5.91 Å². The molecule has 3 aromatic rings. The lowest BCUT2D eigenvalue weighted by molar-refractivity contribution is 0.0789. The first-order valence-electron chi connectivity index (χ1n) is 8.80. The van der Waals surface area contributed by atoms with Crippen LogP contribution in [0.5, 0.6) is 0 Å². The van der Waals surface area contributed by atoms with E-state index in [-0.39, 0.29) is 22.5 Å². The summed E-state index contributed by atoms with van der Waals surface area (Å²) in [7, 11) is -3.29. The molecular weight excluding hydrogens is 366 g/mol. The van der Waals surface area contributed by atoms with Gasteiger partial charge in [-0.2, -0.15) is 0 Å². The van der Waals surface area contributed by atoms with Crippen molar-refractivity contribution in [1.29, 1.82) is 0 Å². The zero-order valence-corrected chi connectivity index (χ0v) is 15.6. The summed E-state index contributed by atoms with van der Waals surface area (Å²) in [5.41, 5.74) is 1.64. The van der Waals surface area contributed by atoms with Gasteiger partial charge < -0.3 is 9.32 Å². The summed E-state index contributed by atoms with van der Waals surface area (Å²) in [6.07, 6.45) is 3.94. The number of nitrogens with zero attached hydrogens (tertiary/aromatic N) is 3. The average molecular weight is 385 g/mol. The molecule has 2 aromatic heterocycles. The van der Waals surface area contributed by atoms with Gasteiger partial charge in [0.05, 0.1) is 22.1 Å². The Morgan fingerprint density at radius 2 is 2.19 bits per heavy atom. The largest absolute Gasteiger partial charge is 0.440 e. The number of carbonyl (C=O) groups is 1. The number of pyridine rings is 1. The van der Waals surface area contributed by atoms with Gasteiger partial charge in [-0.15, -0.1) is 0 Å². The Morgan fingerprint density at radius 1 is 1.33 bits per heavy atom. The van der Waals surface area contributed by atoms with Crippen molar-refractivity contribution in [2.24, 2.45) is 0 Å². The maximum Gasteiger partial charge on any atom is 0.255 e. The van der Waals surface area contributed by atoms with Crippen molar-refractivity contribution in [2.75, 3.05) is 18.8 Å². The van der Waals surface area contributed by atoms with Crippen molar-refractivity contribution in [3.05, 3.63) is 54.2 Å². The van der Waals surface area contributed by atoms with E-state index in [2.05, 4.69) is 9.97 Å². The predicted molar refractivity (Wildman–Crippen MR) is 99.2 cm³/mol. The van der Waals surface area contributed by atoms with Crippen molar-refractivity contribution >= 4 is 26.8 Å². The molecule has 1 aromatic carbocycles. The SMILES string of the molecule is CCS(=O)(=O)c1ccc2oc([C@H]3CCN(C(=O)c4cccnc4)C3)nc2c1. The summed E-state index contributed by atoms with van der Waals surface area (Å²) in [6.45, 7) is 2.74. The van der Waals surface area contributed by atoms with E-state index in [9.17, 15) is 13.2 Å². The molecule has 0 unspecified atom stereocenters. The van der Waals surface area contributed by atoms with Crippen molar-refractivity contribution < 1.29 is 17.6 Å². The molecule has 27 heavy (non-hydrogen) atoms. The molecule has 1 saturated heterocycles. The minimum absolute atomic E-state index is 0.00995. The molecule has 1 amide bonds. The molecule has 0 radical (unpaired) electrons. The average Bonchev–Trinajstić information content (AvgIpc) is 3.34. The molecule has 0 aliphatic carbocycles. The summed E-state index contributed by atoms with van der Waals surface area (Å²) < 4.78 is 29.9. The molecule has 8 heteroatoms. The van der Waals surface area contributed by atoms with E-state index in [1.807, 2.05) is 0 Å². The Morgan fingerprint density at radius 3 is 2.93 bits per heavy atom. The molecule has 7 nitrogen and oxygen atoms in total. The molecule has 1 aliphatic rings. The lowest BCUT2D eigenvalue weighted by Gasteiger charge is -2.15. The third-order valence-corrected chi connectivity index (χ3v) is 6.58. The summed E-state index contributed by atoms with van der Waals surface area (Å²) in [4.78, 5) is 23.0. The van der Waals surface area contributed by atoms with Crippen molar-refractivity contribution in [1.82, 2.24) is 14.9 Å². The number of carbonyl (C=O) groups excluding carboxylic acids is 1. The molecular formula is C19H19N3O4S. The standard InChI is InChI=1S/C19H19N3O4S/c1-2-27(24,25)15-5-6-17-16(10-15)21-18(26-17)14-7-9-22(12-14)19(23)13-4-3-8-20-11-13/h3-6,8,10-11,14H,2,7,9,12H2,1H3/t14-/m0/s1. The first-order chi connectivity index (χ1) is 13.0. The van der Waals surface area contributed by atoms with Gasteiger partial charge in [-0.25, -0.2) is 13.4 Å². The highest BCUT2D eigenvalue weighted by molar-refractivity contribution is 7.91. The molecule has 0 spiro atoms. The quantitative estimate of drug-likeness (QED) is 0.685. The van der Waals surface area contributed by atoms with Crippen LogP contribution in [0.15, 0.2) is 52.0 Å². The summed E-state index contributed by atoms with van der Waals surface area (Å²) in [5, 5.41) is 0. The fourth-order valence-corrected chi connectivity index (χ4v) is 4.18. The zero-order chi connectivity index (χ0) is 19.0. The minimum atomic E-state index is -3.29. The van der Waals surface area contributed by atoms with Crippen molar-refractivity contribution in [3.8, 4) is 0 Å². The van der Waals surface area contributed by atoms with E-state index < -0.39 is 9.84 Å². The maximum absolute atomic E-state index is 12.6. The number of rotatable bonds is 4. The highest BCUT2D eigenvalue weighted by Gasteiger charge is 2.31. The van der Waals surface area contributed by atoms with Gasteiger partial charge in [0.2, 0.25) is 0 Å². The zero-order valence-electron chi connectivity index (χ0n) is 14.8. The first-order valence-corrected chi connectivity index (χ1v) is 10.5. The third-order valence-electron chi connectivity index (χ3n) is 4.85. The van der Waals surface area contributed by atoms with Crippen LogP contribution in [0.2, 0.25) is 0 Å². The highest BCUT2D eigenvalue weighted by Crippen LogP contribution is 2.30. The van der Waals surface area contributed by atoms with Gasteiger partial charge in [0.1, 0.15) is 5.52 Å². The smallest absolute Gasteiger partial charge is 0.255 e. The highest BCUT2D eigenvalue weighted by atomic mass is 32.2. The number of hydrogen-bond acceptors (Lipinski definition) is 6. The van der Waals surface area contributed by atoms with E-state index in [0.29, 0.717) is 35.6 Å². The Kier molecular flexibility index (Phi) is 4.43. The molecule has 0 bridgehead atoms. The monoisotopic (exact) mass is 385 g/mol. The predicted octanol–water partition coefficient (Wildman–Crippen LogP) is 2.65. The fraction of sp³-hybridized carbons (Fsp3) is 0.316. The number of hydrogen-bond donors (Lipinski definition) is 0. The van der Waals surface area contributed by atoms with Crippen molar-refractivity contribution in [2.45, 2.75) is 24.2 Å². The van der Waals surface area contributed by atoms with Crippen LogP contribution in [-0.4, -0.2) is 48.0 Å². The Bertz CT molecular complexity index is 1090. The van der Waals surface area contributed by atoms with Crippen LogP contribution >= 0.6 is 0 Å². The number of amides is 1. The van der Waals surface area contributed by atoms with Crippen LogP contribution < -0.4 is 0 Å². The van der Waals surface area contributed by atoms with E-state index in [0.717, 1.165) is 6.42 Å². The van der Waals surface area contributed by atoms with Crippen LogP contribution in [0.25, 0.3) is 11.1 Å². The second-order valence-corrected chi connectivity index (χ2v) is 8.84. The molecule has 3 heterocycles. The third kappa shape index (κ3) is 3.32. The van der Waals surface area contributed by atoms with Crippen LogP contribution in [0.3, 0.4) is 0 Å². The van der Waals surface area contributed by atoms with Crippen LogP contribution in [-0.2, 0) is 9.84 Å². The molecule has 1 atom stereocenters. The Hall–Kier alpha value is -2.74. The van der Waals surface area contributed by atoms with E-state index in [1.165, 1.54) is 0 Å². The minimum Gasteiger partial charge on any atom is -0.440 e. The maximum atomic E-state index is 12.6. The van der Waals surface area contributed by atoms with Gasteiger partial charge in [-0.05, 0) is 36.8 Å². The van der Waals surface area contributed by atoms with Gasteiger partial charge in [-0.1, -0.05) is 6.92 Å². The first kappa shape index (κ1) is 17.7. The second-order valence-electron chi connectivity index (χ2n) is 6.56. The van der Waals surface area contributed by atoms with E-state index in [1.54, 1.807) is 54.5 Å². The number of oxazole rings is 1. The number of fused-ring (bicyclic) bond motifs is 1. The lowest BCUT2D eigenvalue weighted by Crippen LogP contribution is -2.28. The Balaban J connectivity index is 1.56. The molecule has 0 N–H and O–H groups in total. The number of sulfone groups is 1. The normalized spacial score (nSPS) is 17.5. The fourth-order valence-electron chi connectivity index (χ4n) is 3.28. The summed E-state index contributed by atoms with van der Waals surface area (Å²) >= 11 is 0. The van der Waals surface area contributed by atoms with Crippen LogP contribution in [0.1, 0.15) is 35.5 Å². The van der Waals surface area contributed by atoms with Gasteiger partial charge in [-0.3, -0.25) is 9.78 Å². The van der Waals surface area contributed by atoms with E-state index >= 15 is 0 Å². The van der Waals surface area contributed by atoms with Gasteiger partial charge in [0, 0.05) is 25.5 Å². The van der Waals surface area contributed by atoms with Crippen molar-refractivity contribution in [3.63, 3.8) is 0 Å². The van der Waals surface area contributed by atoms with E-state index in [4.69, 9.17) is 4.42 Å². The second kappa shape index (κ2) is 6.77. The molecule has 1 fully saturated rings. The molecule has 1 aliphatic heterocycles. The van der Waals surface area contributed by atoms with Gasteiger partial charge >= 0.3 is 0 Å². The molecule has 140 valence electrons. The van der Waals surface area contributed by atoms with Crippen LogP contribution in [0, 0.1) is 0 Å². The Labute approximate surface area is 156 Å². The lowest BCUT2D eigenvalue weighted by atomic mass is 10.1. The molecule has 0 saturated carbocycles. The summed E-state index contributed by atoms with van der Waals surface area (Å²) in [6, 6.07) is 8.22. The summed E-state index contributed by atoms with van der Waals surface area (Å²) in [5.74, 6) is 0.511. The van der Waals surface area contributed by atoms with Crippen LogP contribution in [0.4, 0.5) is 0 Å². The number of benzene rings is 1.